The van der Waals surface area contributed by atoms with Crippen LogP contribution in [0.25, 0.3) is 0 Å². The van der Waals surface area contributed by atoms with E-state index in [0.29, 0.717) is 11.5 Å². The highest BCUT2D eigenvalue weighted by Crippen LogP contribution is 2.38. The molecule has 2 fully saturated rings. The predicted octanol–water partition coefficient (Wildman–Crippen LogP) is 2.57. The Balaban J connectivity index is 1.74. The average Bonchev–Trinajstić information content (AvgIpc) is 3.06. The summed E-state index contributed by atoms with van der Waals surface area (Å²) in [5, 5.41) is 3.69. The number of nitrogens with zero attached hydrogens (tertiary/aromatic N) is 2. The molecule has 1 aliphatic heterocycles. The zero-order valence-electron chi connectivity index (χ0n) is 14.0. The van der Waals surface area contributed by atoms with Gasteiger partial charge in [0, 0.05) is 32.2 Å². The van der Waals surface area contributed by atoms with Crippen molar-refractivity contribution < 1.29 is 0 Å². The van der Waals surface area contributed by atoms with Crippen molar-refractivity contribution in [3.8, 4) is 0 Å². The average molecular weight is 281 g/mol. The Morgan fingerprint density at radius 2 is 1.75 bits per heavy atom. The van der Waals surface area contributed by atoms with Crippen LogP contribution in [0.15, 0.2) is 0 Å². The number of likely N-dealkylation sites (tertiary alicyclic amines) is 1. The summed E-state index contributed by atoms with van der Waals surface area (Å²) in [5.74, 6) is 0. The van der Waals surface area contributed by atoms with Gasteiger partial charge in [-0.15, -0.1) is 0 Å². The van der Waals surface area contributed by atoms with Crippen LogP contribution in [0, 0.1) is 5.41 Å². The van der Waals surface area contributed by atoms with Gasteiger partial charge in [0.2, 0.25) is 0 Å². The molecule has 0 radical (unpaired) electrons. The van der Waals surface area contributed by atoms with Crippen LogP contribution in [0.3, 0.4) is 0 Å². The Kier molecular flexibility index (Phi) is 6.31. The van der Waals surface area contributed by atoms with Gasteiger partial charge in [-0.2, -0.15) is 0 Å². The smallest absolute Gasteiger partial charge is 0.0109 e. The minimum absolute atomic E-state index is 0.546. The molecule has 1 saturated heterocycles. The van der Waals surface area contributed by atoms with Gasteiger partial charge >= 0.3 is 0 Å². The van der Waals surface area contributed by atoms with Crippen LogP contribution in [-0.4, -0.2) is 62.2 Å². The Hall–Kier alpha value is -0.120. The second-order valence-corrected chi connectivity index (χ2v) is 7.53. The molecule has 1 aliphatic carbocycles. The van der Waals surface area contributed by atoms with Crippen molar-refractivity contribution in [3.05, 3.63) is 0 Å². The molecule has 3 nitrogen and oxygen atoms in total. The molecule has 0 atom stereocenters. The maximum atomic E-state index is 3.69. The molecule has 0 spiro atoms. The molecule has 3 heteroatoms. The minimum atomic E-state index is 0.546. The molecule has 0 amide bonds. The molecular weight excluding hydrogens is 246 g/mol. The molecule has 1 saturated carbocycles. The minimum Gasteiger partial charge on any atom is -0.314 e. The van der Waals surface area contributed by atoms with E-state index >= 15 is 0 Å². The van der Waals surface area contributed by atoms with Crippen LogP contribution in [0.5, 0.6) is 0 Å². The topological polar surface area (TPSA) is 18.5 Å². The lowest BCUT2D eigenvalue weighted by Gasteiger charge is -2.35. The second-order valence-electron chi connectivity index (χ2n) is 7.53. The van der Waals surface area contributed by atoms with Crippen molar-refractivity contribution in [2.45, 2.75) is 58.4 Å². The van der Waals surface area contributed by atoms with E-state index in [4.69, 9.17) is 0 Å². The SMILES string of the molecule is CC(C)NCC1(CN(C)CCN2CCCC2)CCCC1. The number of hydrogen-bond donors (Lipinski definition) is 1. The van der Waals surface area contributed by atoms with E-state index in [2.05, 4.69) is 36.0 Å². The third-order valence-corrected chi connectivity index (χ3v) is 5.15. The van der Waals surface area contributed by atoms with E-state index in [0.717, 1.165) is 0 Å². The van der Waals surface area contributed by atoms with Crippen molar-refractivity contribution in [3.63, 3.8) is 0 Å². The lowest BCUT2D eigenvalue weighted by atomic mass is 9.85. The standard InChI is InChI=1S/C17H35N3/c1-16(2)18-14-17(8-4-5-9-17)15-19(3)12-13-20-10-6-7-11-20/h16,18H,4-15H2,1-3H3. The van der Waals surface area contributed by atoms with Crippen LogP contribution < -0.4 is 5.32 Å². The van der Waals surface area contributed by atoms with Gasteiger partial charge in [0.1, 0.15) is 0 Å². The van der Waals surface area contributed by atoms with Crippen molar-refractivity contribution in [2.75, 3.05) is 46.3 Å². The van der Waals surface area contributed by atoms with Crippen LogP contribution in [0.4, 0.5) is 0 Å². The molecule has 0 aromatic rings. The predicted molar refractivity (Wildman–Crippen MR) is 87.2 cm³/mol. The number of rotatable bonds is 8. The van der Waals surface area contributed by atoms with E-state index < -0.39 is 0 Å². The molecule has 2 rings (SSSR count). The highest BCUT2D eigenvalue weighted by atomic mass is 15.2. The molecule has 0 bridgehead atoms. The van der Waals surface area contributed by atoms with Gasteiger partial charge in [0.05, 0.1) is 0 Å². The molecular formula is C17H35N3. The maximum absolute atomic E-state index is 3.69. The largest absolute Gasteiger partial charge is 0.314 e. The molecule has 2 aliphatic rings. The summed E-state index contributed by atoms with van der Waals surface area (Å²) in [6.07, 6.45) is 8.51. The van der Waals surface area contributed by atoms with Gasteiger partial charge in [-0.25, -0.2) is 0 Å². The summed E-state index contributed by atoms with van der Waals surface area (Å²) in [6.45, 7) is 12.2. The Morgan fingerprint density at radius 3 is 2.35 bits per heavy atom. The molecule has 0 aromatic carbocycles. The Labute approximate surface area is 126 Å². The summed E-state index contributed by atoms with van der Waals surface area (Å²) in [6, 6.07) is 0.613. The Morgan fingerprint density at radius 1 is 1.10 bits per heavy atom. The van der Waals surface area contributed by atoms with Gasteiger partial charge in [-0.3, -0.25) is 0 Å². The van der Waals surface area contributed by atoms with Gasteiger partial charge < -0.3 is 15.1 Å². The summed E-state index contributed by atoms with van der Waals surface area (Å²) >= 11 is 0. The number of likely N-dealkylation sites (N-methyl/N-ethyl adjacent to an activating group) is 1. The van der Waals surface area contributed by atoms with E-state index in [1.807, 2.05) is 0 Å². The van der Waals surface area contributed by atoms with Crippen molar-refractivity contribution in [1.29, 1.82) is 0 Å². The van der Waals surface area contributed by atoms with Crippen molar-refractivity contribution in [1.82, 2.24) is 15.1 Å². The lowest BCUT2D eigenvalue weighted by molar-refractivity contribution is 0.156. The number of hydrogen-bond acceptors (Lipinski definition) is 3. The highest BCUT2D eigenvalue weighted by Gasteiger charge is 2.34. The molecule has 118 valence electrons. The fraction of sp³-hybridized carbons (Fsp3) is 1.00. The molecule has 20 heavy (non-hydrogen) atoms. The first kappa shape index (κ1) is 16.3. The van der Waals surface area contributed by atoms with Gasteiger partial charge in [0.25, 0.3) is 0 Å². The van der Waals surface area contributed by atoms with Gasteiger partial charge in [-0.05, 0) is 51.2 Å². The zero-order chi connectivity index (χ0) is 14.4. The number of nitrogens with one attached hydrogen (secondary N) is 1. The van der Waals surface area contributed by atoms with E-state index in [1.165, 1.54) is 77.8 Å². The second kappa shape index (κ2) is 7.77. The fourth-order valence-corrected chi connectivity index (χ4v) is 3.91. The van der Waals surface area contributed by atoms with E-state index in [1.54, 1.807) is 0 Å². The monoisotopic (exact) mass is 281 g/mol. The van der Waals surface area contributed by atoms with Gasteiger partial charge in [-0.1, -0.05) is 26.7 Å². The first-order chi connectivity index (χ1) is 9.60. The summed E-state index contributed by atoms with van der Waals surface area (Å²) in [7, 11) is 2.32. The van der Waals surface area contributed by atoms with Crippen molar-refractivity contribution in [2.24, 2.45) is 5.41 Å². The van der Waals surface area contributed by atoms with E-state index in [9.17, 15) is 0 Å². The maximum Gasteiger partial charge on any atom is 0.0109 e. The van der Waals surface area contributed by atoms with Crippen LogP contribution in [-0.2, 0) is 0 Å². The molecule has 1 heterocycles. The normalized spacial score (nSPS) is 23.2. The Bertz CT molecular complexity index is 265. The third kappa shape index (κ3) is 5.01. The first-order valence-electron chi connectivity index (χ1n) is 8.74. The summed E-state index contributed by atoms with van der Waals surface area (Å²) in [5.41, 5.74) is 0.546. The zero-order valence-corrected chi connectivity index (χ0v) is 14.0. The lowest BCUT2D eigenvalue weighted by Crippen LogP contribution is -2.44. The first-order valence-corrected chi connectivity index (χ1v) is 8.74. The van der Waals surface area contributed by atoms with Crippen LogP contribution in [0.1, 0.15) is 52.4 Å². The van der Waals surface area contributed by atoms with Crippen LogP contribution >= 0.6 is 0 Å². The molecule has 0 unspecified atom stereocenters. The molecule has 0 aromatic heterocycles. The quantitative estimate of drug-likeness (QED) is 0.738. The summed E-state index contributed by atoms with van der Waals surface area (Å²) < 4.78 is 0. The summed E-state index contributed by atoms with van der Waals surface area (Å²) in [4.78, 5) is 5.22. The fourth-order valence-electron chi connectivity index (χ4n) is 3.91. The highest BCUT2D eigenvalue weighted by molar-refractivity contribution is 4.89. The van der Waals surface area contributed by atoms with Gasteiger partial charge in [0.15, 0.2) is 0 Å². The third-order valence-electron chi connectivity index (χ3n) is 5.15. The molecule has 1 N–H and O–H groups in total. The van der Waals surface area contributed by atoms with Crippen molar-refractivity contribution >= 4 is 0 Å². The van der Waals surface area contributed by atoms with Crippen LogP contribution in [0.2, 0.25) is 0 Å². The van der Waals surface area contributed by atoms with E-state index in [-0.39, 0.29) is 0 Å².